The molecule has 1 heterocycles. The van der Waals surface area contributed by atoms with Crippen molar-refractivity contribution in [3.63, 3.8) is 0 Å². The van der Waals surface area contributed by atoms with Gasteiger partial charge in [0.2, 0.25) is 10.0 Å². The van der Waals surface area contributed by atoms with Gasteiger partial charge < -0.3 is 9.32 Å². The number of nitro groups is 1. The minimum atomic E-state index is -4.19. The first-order valence-corrected chi connectivity index (χ1v) is 7.80. The summed E-state index contributed by atoms with van der Waals surface area (Å²) in [5.74, 6) is 0.692. The Morgan fingerprint density at radius 2 is 2.05 bits per heavy atom. The standard InChI is InChI=1S/C13H15N3O5S/c1-9-10(6-7-21-9)8-15(2)11-4-3-5-12(22(14,19)20)13(11)16(17)18/h3-7H,8H2,1-2H3,(H2,14,19,20). The lowest BCUT2D eigenvalue weighted by molar-refractivity contribution is -0.387. The van der Waals surface area contributed by atoms with E-state index in [1.165, 1.54) is 18.4 Å². The van der Waals surface area contributed by atoms with Gasteiger partial charge in [-0.05, 0) is 25.1 Å². The summed E-state index contributed by atoms with van der Waals surface area (Å²) in [5, 5.41) is 16.4. The van der Waals surface area contributed by atoms with E-state index in [0.29, 0.717) is 12.3 Å². The number of primary sulfonamides is 1. The zero-order valence-electron chi connectivity index (χ0n) is 12.0. The second-order valence-electron chi connectivity index (χ2n) is 4.78. The van der Waals surface area contributed by atoms with Crippen LogP contribution in [0.3, 0.4) is 0 Å². The molecule has 2 aromatic rings. The summed E-state index contributed by atoms with van der Waals surface area (Å²) in [6.07, 6.45) is 1.52. The Balaban J connectivity index is 2.51. The van der Waals surface area contributed by atoms with Crippen molar-refractivity contribution in [2.75, 3.05) is 11.9 Å². The molecule has 2 N–H and O–H groups in total. The van der Waals surface area contributed by atoms with E-state index in [0.717, 1.165) is 11.6 Å². The van der Waals surface area contributed by atoms with E-state index in [1.807, 2.05) is 0 Å². The van der Waals surface area contributed by atoms with Gasteiger partial charge in [-0.2, -0.15) is 0 Å². The third-order valence-electron chi connectivity index (χ3n) is 3.25. The fourth-order valence-electron chi connectivity index (χ4n) is 2.15. The number of nitrogens with two attached hydrogens (primary N) is 1. The average molecular weight is 325 g/mol. The topological polar surface area (TPSA) is 120 Å². The van der Waals surface area contributed by atoms with Crippen LogP contribution < -0.4 is 10.0 Å². The van der Waals surface area contributed by atoms with Gasteiger partial charge >= 0.3 is 5.69 Å². The molecule has 0 atom stereocenters. The Labute approximate surface area is 127 Å². The van der Waals surface area contributed by atoms with Crippen molar-refractivity contribution in [1.82, 2.24) is 0 Å². The van der Waals surface area contributed by atoms with Gasteiger partial charge in [0.1, 0.15) is 11.4 Å². The highest BCUT2D eigenvalue weighted by Gasteiger charge is 2.28. The maximum Gasteiger partial charge on any atom is 0.312 e. The van der Waals surface area contributed by atoms with Crippen molar-refractivity contribution in [2.45, 2.75) is 18.4 Å². The summed E-state index contributed by atoms with van der Waals surface area (Å²) in [6, 6.07) is 5.76. The van der Waals surface area contributed by atoms with Crippen LogP contribution in [0.5, 0.6) is 0 Å². The van der Waals surface area contributed by atoms with Crippen LogP contribution in [0.25, 0.3) is 0 Å². The van der Waals surface area contributed by atoms with Gasteiger partial charge in [-0.25, -0.2) is 13.6 Å². The number of benzene rings is 1. The highest BCUT2D eigenvalue weighted by atomic mass is 32.2. The molecule has 0 saturated heterocycles. The Hall–Kier alpha value is -2.39. The fraction of sp³-hybridized carbons (Fsp3) is 0.231. The molecule has 0 aliphatic rings. The van der Waals surface area contributed by atoms with E-state index in [-0.39, 0.29) is 5.69 Å². The monoisotopic (exact) mass is 325 g/mol. The van der Waals surface area contributed by atoms with Gasteiger partial charge in [-0.15, -0.1) is 0 Å². The van der Waals surface area contributed by atoms with Gasteiger partial charge in [-0.1, -0.05) is 6.07 Å². The van der Waals surface area contributed by atoms with Gasteiger partial charge in [0.25, 0.3) is 0 Å². The molecule has 118 valence electrons. The van der Waals surface area contributed by atoms with Gasteiger partial charge in [0.05, 0.1) is 11.2 Å². The number of para-hydroxylation sites is 1. The molecule has 0 fully saturated rings. The molecular weight excluding hydrogens is 310 g/mol. The SMILES string of the molecule is Cc1occc1CN(C)c1cccc(S(N)(=O)=O)c1[N+](=O)[O-]. The first-order chi connectivity index (χ1) is 10.2. The lowest BCUT2D eigenvalue weighted by Crippen LogP contribution is -2.20. The van der Waals surface area contributed by atoms with Gasteiger partial charge in [0.15, 0.2) is 4.90 Å². The zero-order valence-corrected chi connectivity index (χ0v) is 12.8. The first kappa shape index (κ1) is 16.0. The molecule has 9 heteroatoms. The molecular formula is C13H15N3O5S. The Kier molecular flexibility index (Phi) is 4.20. The second-order valence-corrected chi connectivity index (χ2v) is 6.31. The maximum atomic E-state index is 11.5. The number of nitrogens with zero attached hydrogens (tertiary/aromatic N) is 2. The fourth-order valence-corrected chi connectivity index (χ4v) is 2.86. The summed E-state index contributed by atoms with van der Waals surface area (Å²) in [6.45, 7) is 2.11. The number of nitro benzene ring substituents is 1. The van der Waals surface area contributed by atoms with Gasteiger partial charge in [-0.3, -0.25) is 10.1 Å². The summed E-state index contributed by atoms with van der Waals surface area (Å²) in [4.78, 5) is 11.6. The molecule has 1 aromatic carbocycles. The molecule has 8 nitrogen and oxygen atoms in total. The molecule has 0 unspecified atom stereocenters. The molecule has 0 aliphatic carbocycles. The molecule has 1 aromatic heterocycles. The van der Waals surface area contributed by atoms with E-state index in [4.69, 9.17) is 9.56 Å². The van der Waals surface area contributed by atoms with Crippen LogP contribution in [-0.4, -0.2) is 20.4 Å². The lowest BCUT2D eigenvalue weighted by atomic mass is 10.2. The lowest BCUT2D eigenvalue weighted by Gasteiger charge is -2.19. The normalized spacial score (nSPS) is 11.4. The molecule has 22 heavy (non-hydrogen) atoms. The molecule has 0 bridgehead atoms. The molecule has 2 rings (SSSR count). The summed E-state index contributed by atoms with van der Waals surface area (Å²) >= 11 is 0. The van der Waals surface area contributed by atoms with Crippen molar-refractivity contribution < 1.29 is 17.8 Å². The van der Waals surface area contributed by atoms with Crippen LogP contribution >= 0.6 is 0 Å². The number of aryl methyl sites for hydroxylation is 1. The second kappa shape index (κ2) is 5.78. The smallest absolute Gasteiger partial charge is 0.312 e. The minimum Gasteiger partial charge on any atom is -0.469 e. The minimum absolute atomic E-state index is 0.164. The number of furan rings is 1. The van der Waals surface area contributed by atoms with Crippen LogP contribution in [0.4, 0.5) is 11.4 Å². The van der Waals surface area contributed by atoms with E-state index >= 15 is 0 Å². The Morgan fingerprint density at radius 3 is 2.55 bits per heavy atom. The number of hydrogen-bond donors (Lipinski definition) is 1. The van der Waals surface area contributed by atoms with Crippen molar-refractivity contribution >= 4 is 21.4 Å². The molecule has 0 amide bonds. The highest BCUT2D eigenvalue weighted by molar-refractivity contribution is 7.89. The summed E-state index contributed by atoms with van der Waals surface area (Å²) in [7, 11) is -2.56. The molecule has 0 aliphatic heterocycles. The predicted octanol–water partition coefficient (Wildman–Crippen LogP) is 1.78. The number of rotatable bonds is 5. The number of anilines is 1. The van der Waals surface area contributed by atoms with Crippen molar-refractivity contribution in [3.8, 4) is 0 Å². The molecule has 0 saturated carbocycles. The van der Waals surface area contributed by atoms with E-state index in [2.05, 4.69) is 0 Å². The third kappa shape index (κ3) is 3.10. The van der Waals surface area contributed by atoms with E-state index in [9.17, 15) is 18.5 Å². The average Bonchev–Trinajstić information content (AvgIpc) is 2.82. The summed E-state index contributed by atoms with van der Waals surface area (Å²) in [5.41, 5.74) is 0.476. The zero-order chi connectivity index (χ0) is 16.5. The van der Waals surface area contributed by atoms with Crippen LogP contribution in [0.1, 0.15) is 11.3 Å². The van der Waals surface area contributed by atoms with Crippen LogP contribution in [0, 0.1) is 17.0 Å². The van der Waals surface area contributed by atoms with Crippen molar-refractivity contribution in [2.24, 2.45) is 5.14 Å². The highest BCUT2D eigenvalue weighted by Crippen LogP contribution is 2.34. The Bertz CT molecular complexity index is 813. The summed E-state index contributed by atoms with van der Waals surface area (Å²) < 4.78 is 28.3. The predicted molar refractivity (Wildman–Crippen MR) is 80.0 cm³/mol. The quantitative estimate of drug-likeness (QED) is 0.661. The number of hydrogen-bond acceptors (Lipinski definition) is 6. The third-order valence-corrected chi connectivity index (χ3v) is 4.19. The number of sulfonamides is 1. The largest absolute Gasteiger partial charge is 0.469 e. The molecule has 0 spiro atoms. The van der Waals surface area contributed by atoms with Gasteiger partial charge in [0, 0.05) is 19.2 Å². The first-order valence-electron chi connectivity index (χ1n) is 6.26. The van der Waals surface area contributed by atoms with Crippen LogP contribution in [0.2, 0.25) is 0 Å². The molecule has 0 radical (unpaired) electrons. The van der Waals surface area contributed by atoms with Crippen LogP contribution in [-0.2, 0) is 16.6 Å². The maximum absolute atomic E-state index is 11.5. The van der Waals surface area contributed by atoms with E-state index in [1.54, 1.807) is 24.9 Å². The van der Waals surface area contributed by atoms with Crippen LogP contribution in [0.15, 0.2) is 39.8 Å². The Morgan fingerprint density at radius 1 is 1.36 bits per heavy atom. The van der Waals surface area contributed by atoms with E-state index < -0.39 is 25.5 Å². The van der Waals surface area contributed by atoms with Crippen molar-refractivity contribution in [1.29, 1.82) is 0 Å². The van der Waals surface area contributed by atoms with Crippen molar-refractivity contribution in [3.05, 3.63) is 52.0 Å².